The summed E-state index contributed by atoms with van der Waals surface area (Å²) in [5.41, 5.74) is 0.610. The van der Waals surface area contributed by atoms with E-state index in [2.05, 4.69) is 0 Å². The summed E-state index contributed by atoms with van der Waals surface area (Å²) in [5.74, 6) is -0.139. The van der Waals surface area contributed by atoms with E-state index in [9.17, 15) is 14.8 Å². The Morgan fingerprint density at radius 2 is 2.16 bits per heavy atom. The van der Waals surface area contributed by atoms with Crippen LogP contribution >= 0.6 is 11.6 Å². The maximum atomic E-state index is 12.5. The summed E-state index contributed by atoms with van der Waals surface area (Å²) in [6, 6.07) is 4.68. The van der Waals surface area contributed by atoms with Gasteiger partial charge in [0.05, 0.1) is 10.6 Å². The van der Waals surface area contributed by atoms with Crippen LogP contribution in [0.3, 0.4) is 0 Å². The Bertz CT molecular complexity index is 481. The molecule has 1 aromatic rings. The number of hydrogen-bond donors (Lipinski definition) is 2. The van der Waals surface area contributed by atoms with Gasteiger partial charge in [0.25, 0.3) is 5.91 Å². The standard InChI is InChI=1S/C13H17BClNO3/c1-9-4-2-3-7-16(9)13(17)11-8-10(14(18)19)5-6-12(11)15/h5-6,8-9,18-19H,2-4,7H2,1H3/t9-/m0/s1. The van der Waals surface area contributed by atoms with Crippen LogP contribution in [-0.2, 0) is 0 Å². The van der Waals surface area contributed by atoms with Crippen molar-refractivity contribution in [2.24, 2.45) is 0 Å². The van der Waals surface area contributed by atoms with E-state index in [0.29, 0.717) is 10.6 Å². The van der Waals surface area contributed by atoms with E-state index in [-0.39, 0.29) is 17.4 Å². The van der Waals surface area contributed by atoms with Crippen molar-refractivity contribution in [3.8, 4) is 0 Å². The summed E-state index contributed by atoms with van der Waals surface area (Å²) in [7, 11) is -1.59. The van der Waals surface area contributed by atoms with Crippen molar-refractivity contribution in [1.82, 2.24) is 4.90 Å². The smallest absolute Gasteiger partial charge is 0.423 e. The van der Waals surface area contributed by atoms with Crippen molar-refractivity contribution in [1.29, 1.82) is 0 Å². The molecule has 1 aliphatic rings. The van der Waals surface area contributed by atoms with Crippen LogP contribution < -0.4 is 5.46 Å². The van der Waals surface area contributed by atoms with Crippen molar-refractivity contribution >= 4 is 30.1 Å². The van der Waals surface area contributed by atoms with Gasteiger partial charge in [0.2, 0.25) is 0 Å². The molecule has 0 unspecified atom stereocenters. The second-order valence-electron chi connectivity index (χ2n) is 4.96. The van der Waals surface area contributed by atoms with Gasteiger partial charge in [-0.25, -0.2) is 0 Å². The molecule has 0 radical (unpaired) electrons. The van der Waals surface area contributed by atoms with E-state index >= 15 is 0 Å². The summed E-state index contributed by atoms with van der Waals surface area (Å²) < 4.78 is 0. The summed E-state index contributed by atoms with van der Waals surface area (Å²) in [6.07, 6.45) is 3.12. The molecule has 2 N–H and O–H groups in total. The third kappa shape index (κ3) is 3.11. The molecule has 1 aliphatic heterocycles. The fourth-order valence-electron chi connectivity index (χ4n) is 2.42. The van der Waals surface area contributed by atoms with Crippen molar-refractivity contribution in [2.45, 2.75) is 32.2 Å². The highest BCUT2D eigenvalue weighted by molar-refractivity contribution is 6.58. The molecule has 1 heterocycles. The third-order valence-electron chi connectivity index (χ3n) is 3.58. The van der Waals surface area contributed by atoms with Gasteiger partial charge in [0, 0.05) is 12.6 Å². The highest BCUT2D eigenvalue weighted by atomic mass is 35.5. The lowest BCUT2D eigenvalue weighted by Gasteiger charge is -2.33. The number of nitrogens with zero attached hydrogens (tertiary/aromatic N) is 1. The highest BCUT2D eigenvalue weighted by Gasteiger charge is 2.26. The zero-order valence-corrected chi connectivity index (χ0v) is 11.6. The van der Waals surface area contributed by atoms with Crippen LogP contribution in [0.15, 0.2) is 18.2 Å². The molecule has 4 nitrogen and oxygen atoms in total. The Morgan fingerprint density at radius 3 is 2.79 bits per heavy atom. The Hall–Kier alpha value is -1.04. The van der Waals surface area contributed by atoms with E-state index in [1.807, 2.05) is 6.92 Å². The van der Waals surface area contributed by atoms with Crippen molar-refractivity contribution < 1.29 is 14.8 Å². The molecule has 1 aromatic carbocycles. The topological polar surface area (TPSA) is 60.8 Å². The number of halogens is 1. The summed E-state index contributed by atoms with van der Waals surface area (Å²) >= 11 is 6.05. The average molecular weight is 282 g/mol. The SMILES string of the molecule is C[C@H]1CCCCN1C(=O)c1cc(B(O)O)ccc1Cl. The number of hydrogen-bond acceptors (Lipinski definition) is 3. The maximum absolute atomic E-state index is 12.5. The van der Waals surface area contributed by atoms with E-state index in [1.165, 1.54) is 18.2 Å². The normalized spacial score (nSPS) is 19.4. The number of piperidine rings is 1. The van der Waals surface area contributed by atoms with Crippen LogP contribution in [0.2, 0.25) is 5.02 Å². The molecule has 0 saturated carbocycles. The van der Waals surface area contributed by atoms with Crippen LogP contribution in [-0.4, -0.2) is 40.6 Å². The number of carbonyl (C=O) groups is 1. The Labute approximate surface area is 118 Å². The monoisotopic (exact) mass is 281 g/mol. The Balaban J connectivity index is 2.29. The number of benzene rings is 1. The first-order valence-electron chi connectivity index (χ1n) is 6.47. The molecule has 0 spiro atoms. The van der Waals surface area contributed by atoms with Crippen LogP contribution in [0.1, 0.15) is 36.5 Å². The maximum Gasteiger partial charge on any atom is 0.488 e. The molecule has 102 valence electrons. The van der Waals surface area contributed by atoms with Crippen LogP contribution in [0.5, 0.6) is 0 Å². The fourth-order valence-corrected chi connectivity index (χ4v) is 2.62. The molecule has 0 aromatic heterocycles. The quantitative estimate of drug-likeness (QED) is 0.796. The number of rotatable bonds is 2. The molecule has 19 heavy (non-hydrogen) atoms. The van der Waals surface area contributed by atoms with Crippen molar-refractivity contribution in [3.05, 3.63) is 28.8 Å². The van der Waals surface area contributed by atoms with Gasteiger partial charge in [-0.1, -0.05) is 17.7 Å². The second-order valence-corrected chi connectivity index (χ2v) is 5.36. The largest absolute Gasteiger partial charge is 0.488 e. The molecule has 1 amide bonds. The second kappa shape index (κ2) is 5.95. The van der Waals surface area contributed by atoms with Crippen LogP contribution in [0.25, 0.3) is 0 Å². The van der Waals surface area contributed by atoms with Gasteiger partial charge in [-0.15, -0.1) is 0 Å². The molecule has 1 saturated heterocycles. The average Bonchev–Trinajstić information content (AvgIpc) is 2.38. The van der Waals surface area contributed by atoms with Gasteiger partial charge in [0.15, 0.2) is 0 Å². The lowest BCUT2D eigenvalue weighted by molar-refractivity contribution is 0.0636. The first kappa shape index (κ1) is 14.4. The highest BCUT2D eigenvalue weighted by Crippen LogP contribution is 2.22. The van der Waals surface area contributed by atoms with Gasteiger partial charge < -0.3 is 14.9 Å². The van der Waals surface area contributed by atoms with Gasteiger partial charge >= 0.3 is 7.12 Å². The first-order chi connectivity index (χ1) is 9.00. The molecule has 1 fully saturated rings. The van der Waals surface area contributed by atoms with Gasteiger partial charge in [-0.2, -0.15) is 0 Å². The van der Waals surface area contributed by atoms with E-state index in [4.69, 9.17) is 11.6 Å². The van der Waals surface area contributed by atoms with Crippen molar-refractivity contribution in [2.75, 3.05) is 6.54 Å². The van der Waals surface area contributed by atoms with Gasteiger partial charge in [-0.05, 0) is 43.8 Å². The molecule has 6 heteroatoms. The minimum Gasteiger partial charge on any atom is -0.423 e. The lowest BCUT2D eigenvalue weighted by atomic mass is 9.79. The van der Waals surface area contributed by atoms with Gasteiger partial charge in [0.1, 0.15) is 0 Å². The summed E-state index contributed by atoms with van der Waals surface area (Å²) in [5, 5.41) is 18.7. The Morgan fingerprint density at radius 1 is 1.42 bits per heavy atom. The minimum atomic E-state index is -1.59. The molecule has 2 rings (SSSR count). The number of carbonyl (C=O) groups excluding carboxylic acids is 1. The van der Waals surface area contributed by atoms with Crippen LogP contribution in [0.4, 0.5) is 0 Å². The number of likely N-dealkylation sites (tertiary alicyclic amines) is 1. The molecule has 0 bridgehead atoms. The van der Waals surface area contributed by atoms with E-state index in [0.717, 1.165) is 25.8 Å². The fraction of sp³-hybridized carbons (Fsp3) is 0.462. The predicted molar refractivity (Wildman–Crippen MR) is 75.6 cm³/mol. The van der Waals surface area contributed by atoms with Crippen molar-refractivity contribution in [3.63, 3.8) is 0 Å². The zero-order chi connectivity index (χ0) is 14.0. The lowest BCUT2D eigenvalue weighted by Crippen LogP contribution is -2.42. The number of amides is 1. The molecule has 1 atom stereocenters. The Kier molecular flexibility index (Phi) is 4.50. The molecular formula is C13H17BClNO3. The first-order valence-corrected chi connectivity index (χ1v) is 6.85. The van der Waals surface area contributed by atoms with E-state index < -0.39 is 7.12 Å². The summed E-state index contributed by atoms with van der Waals surface area (Å²) in [4.78, 5) is 14.3. The summed E-state index contributed by atoms with van der Waals surface area (Å²) in [6.45, 7) is 2.75. The van der Waals surface area contributed by atoms with Gasteiger partial charge in [-0.3, -0.25) is 4.79 Å². The zero-order valence-electron chi connectivity index (χ0n) is 10.8. The van der Waals surface area contributed by atoms with E-state index in [1.54, 1.807) is 4.90 Å². The molecular weight excluding hydrogens is 264 g/mol. The minimum absolute atomic E-state index is 0.139. The third-order valence-corrected chi connectivity index (χ3v) is 3.91. The molecule has 0 aliphatic carbocycles. The predicted octanol–water partition coefficient (Wildman–Crippen LogP) is 1.03. The van der Waals surface area contributed by atoms with Crippen LogP contribution in [0, 0.1) is 0 Å².